The number of esters is 1. The molecule has 1 aromatic heterocycles. The Morgan fingerprint density at radius 1 is 1.00 bits per heavy atom. The van der Waals surface area contributed by atoms with Gasteiger partial charge in [-0.1, -0.05) is 22.9 Å². The molecule has 0 spiro atoms. The van der Waals surface area contributed by atoms with Crippen molar-refractivity contribution in [3.63, 3.8) is 0 Å². The summed E-state index contributed by atoms with van der Waals surface area (Å²) in [6.07, 6.45) is -0.488. The first-order chi connectivity index (χ1) is 17.5. The van der Waals surface area contributed by atoms with E-state index in [9.17, 15) is 27.6 Å². The predicted octanol–water partition coefficient (Wildman–Crippen LogP) is 1.06. The first-order valence-electron chi connectivity index (χ1n) is 11.4. The fraction of sp³-hybridized carbons (Fsp3) is 0.500. The highest BCUT2D eigenvalue weighted by Gasteiger charge is 2.29. The van der Waals surface area contributed by atoms with Crippen LogP contribution in [-0.4, -0.2) is 97.6 Å². The van der Waals surface area contributed by atoms with Gasteiger partial charge in [-0.05, 0) is 32.0 Å². The van der Waals surface area contributed by atoms with Gasteiger partial charge in [0.05, 0.1) is 23.4 Å². The number of amides is 3. The first kappa shape index (κ1) is 28.6. The van der Waals surface area contributed by atoms with Crippen LogP contribution in [0.3, 0.4) is 0 Å². The molecule has 0 bridgehead atoms. The van der Waals surface area contributed by atoms with Gasteiger partial charge < -0.3 is 23.8 Å². The minimum atomic E-state index is -4.13. The van der Waals surface area contributed by atoms with Gasteiger partial charge in [0, 0.05) is 31.2 Å². The van der Waals surface area contributed by atoms with E-state index in [1.54, 1.807) is 32.0 Å². The fourth-order valence-electron chi connectivity index (χ4n) is 3.63. The van der Waals surface area contributed by atoms with Gasteiger partial charge in [0.25, 0.3) is 5.91 Å². The van der Waals surface area contributed by atoms with E-state index in [2.05, 4.69) is 4.99 Å². The van der Waals surface area contributed by atoms with Crippen molar-refractivity contribution < 1.29 is 37.1 Å². The van der Waals surface area contributed by atoms with E-state index in [4.69, 9.17) is 21.1 Å². The van der Waals surface area contributed by atoms with Crippen LogP contribution in [-0.2, 0) is 40.2 Å². The lowest BCUT2D eigenvalue weighted by Gasteiger charge is -2.34. The van der Waals surface area contributed by atoms with Crippen molar-refractivity contribution in [1.82, 2.24) is 14.4 Å². The predicted molar refractivity (Wildman–Crippen MR) is 136 cm³/mol. The summed E-state index contributed by atoms with van der Waals surface area (Å²) in [6, 6.07) is 4.92. The van der Waals surface area contributed by atoms with E-state index >= 15 is 0 Å². The van der Waals surface area contributed by atoms with Crippen molar-refractivity contribution in [2.75, 3.05) is 50.9 Å². The molecule has 202 valence electrons. The maximum atomic E-state index is 12.6. The SMILES string of the molecule is CCOC(=O)Cn1c(=NC(=O)CS(=O)(=O)CC(=O)N2CCN(C(=O)OCC)CC2)sc2cc(Cl)ccc21. The smallest absolute Gasteiger partial charge is 0.409 e. The van der Waals surface area contributed by atoms with Crippen molar-refractivity contribution in [2.24, 2.45) is 4.99 Å². The second-order valence-electron chi connectivity index (χ2n) is 7.99. The lowest BCUT2D eigenvalue weighted by molar-refractivity contribution is -0.143. The number of sulfone groups is 1. The number of hydrogen-bond donors (Lipinski definition) is 0. The standard InChI is InChI=1S/C22H27ClN4O8S2/c1-3-34-20(30)12-27-16-6-5-15(23)11-17(16)36-21(27)24-18(28)13-37(32,33)14-19(29)25-7-9-26(10-8-25)22(31)35-4-2/h5-6,11H,3-4,7-10,12-14H2,1-2H3. The zero-order chi connectivity index (χ0) is 27.2. The third-order valence-electron chi connectivity index (χ3n) is 5.30. The fourth-order valence-corrected chi connectivity index (χ4v) is 6.06. The molecule has 1 saturated heterocycles. The lowest BCUT2D eigenvalue weighted by atomic mass is 10.3. The number of rotatable bonds is 8. The first-order valence-corrected chi connectivity index (χ1v) is 14.5. The highest BCUT2D eigenvalue weighted by Crippen LogP contribution is 2.22. The van der Waals surface area contributed by atoms with Crippen molar-refractivity contribution in [3.05, 3.63) is 28.0 Å². The number of carbonyl (C=O) groups is 4. The molecular formula is C22H27ClN4O8S2. The molecule has 0 unspecified atom stereocenters. The number of benzene rings is 1. The Balaban J connectivity index is 1.70. The number of thiazole rings is 1. The molecule has 2 heterocycles. The normalized spacial score (nSPS) is 14.6. The van der Waals surface area contributed by atoms with Crippen LogP contribution in [0.25, 0.3) is 10.2 Å². The van der Waals surface area contributed by atoms with Crippen molar-refractivity contribution in [2.45, 2.75) is 20.4 Å². The largest absolute Gasteiger partial charge is 0.465 e. The zero-order valence-corrected chi connectivity index (χ0v) is 22.7. The highest BCUT2D eigenvalue weighted by atomic mass is 35.5. The molecule has 37 heavy (non-hydrogen) atoms. The molecule has 0 radical (unpaired) electrons. The van der Waals surface area contributed by atoms with E-state index in [0.29, 0.717) is 15.2 Å². The molecule has 0 saturated carbocycles. The van der Waals surface area contributed by atoms with Crippen molar-refractivity contribution >= 4 is 66.9 Å². The van der Waals surface area contributed by atoms with E-state index in [1.165, 1.54) is 14.4 Å². The van der Waals surface area contributed by atoms with E-state index in [0.717, 1.165) is 11.3 Å². The van der Waals surface area contributed by atoms with Crippen LogP contribution < -0.4 is 4.80 Å². The van der Waals surface area contributed by atoms with Gasteiger partial charge in [-0.15, -0.1) is 0 Å². The quantitative estimate of drug-likeness (QED) is 0.426. The van der Waals surface area contributed by atoms with Gasteiger partial charge in [0.1, 0.15) is 18.1 Å². The van der Waals surface area contributed by atoms with Gasteiger partial charge in [0.2, 0.25) is 5.91 Å². The lowest BCUT2D eigenvalue weighted by Crippen LogP contribution is -2.52. The minimum absolute atomic E-state index is 0.104. The third-order valence-corrected chi connectivity index (χ3v) is 7.95. The maximum Gasteiger partial charge on any atom is 0.409 e. The summed E-state index contributed by atoms with van der Waals surface area (Å²) >= 11 is 7.11. The Kier molecular flexibility index (Phi) is 9.68. The number of hydrogen-bond acceptors (Lipinski definition) is 9. The van der Waals surface area contributed by atoms with Crippen molar-refractivity contribution in [1.29, 1.82) is 0 Å². The van der Waals surface area contributed by atoms with Crippen LogP contribution in [0.15, 0.2) is 23.2 Å². The molecule has 15 heteroatoms. The second kappa shape index (κ2) is 12.5. The summed E-state index contributed by atoms with van der Waals surface area (Å²) in [5.41, 5.74) is 0.578. The Morgan fingerprint density at radius 2 is 1.65 bits per heavy atom. The van der Waals surface area contributed by atoms with Crippen LogP contribution >= 0.6 is 22.9 Å². The number of nitrogens with zero attached hydrogens (tertiary/aromatic N) is 4. The molecule has 1 fully saturated rings. The summed E-state index contributed by atoms with van der Waals surface area (Å²) in [7, 11) is -4.13. The van der Waals surface area contributed by atoms with Crippen molar-refractivity contribution in [3.8, 4) is 0 Å². The molecule has 0 aliphatic carbocycles. The summed E-state index contributed by atoms with van der Waals surface area (Å²) in [4.78, 5) is 55.8. The number of ether oxygens (including phenoxy) is 2. The molecule has 1 aliphatic rings. The zero-order valence-electron chi connectivity index (χ0n) is 20.3. The number of piperazine rings is 1. The summed E-state index contributed by atoms with van der Waals surface area (Å²) in [5.74, 6) is -4.03. The summed E-state index contributed by atoms with van der Waals surface area (Å²) in [6.45, 7) is 4.26. The van der Waals surface area contributed by atoms with Gasteiger partial charge >= 0.3 is 12.1 Å². The minimum Gasteiger partial charge on any atom is -0.465 e. The second-order valence-corrected chi connectivity index (χ2v) is 11.5. The van der Waals surface area contributed by atoms with E-state index < -0.39 is 45.2 Å². The van der Waals surface area contributed by atoms with Crippen LogP contribution in [0.4, 0.5) is 4.79 Å². The average Bonchev–Trinajstić information content (AvgIpc) is 3.14. The summed E-state index contributed by atoms with van der Waals surface area (Å²) in [5, 5.41) is 0.444. The maximum absolute atomic E-state index is 12.6. The van der Waals surface area contributed by atoms with E-state index in [-0.39, 0.29) is 50.7 Å². The monoisotopic (exact) mass is 574 g/mol. The van der Waals surface area contributed by atoms with Gasteiger partial charge in [-0.25, -0.2) is 13.2 Å². The van der Waals surface area contributed by atoms with Crippen LogP contribution in [0.1, 0.15) is 13.8 Å². The molecule has 3 rings (SSSR count). The Hall–Kier alpha value is -2.97. The number of carbonyl (C=O) groups excluding carboxylic acids is 4. The van der Waals surface area contributed by atoms with Crippen LogP contribution in [0.5, 0.6) is 0 Å². The van der Waals surface area contributed by atoms with E-state index in [1.807, 2.05) is 0 Å². The van der Waals surface area contributed by atoms with Gasteiger partial charge in [-0.2, -0.15) is 4.99 Å². The highest BCUT2D eigenvalue weighted by molar-refractivity contribution is 7.92. The Labute approximate surface area is 222 Å². The molecule has 12 nitrogen and oxygen atoms in total. The Bertz CT molecular complexity index is 1360. The molecule has 3 amide bonds. The Morgan fingerprint density at radius 3 is 2.30 bits per heavy atom. The summed E-state index contributed by atoms with van der Waals surface area (Å²) < 4.78 is 37.2. The van der Waals surface area contributed by atoms with Gasteiger partial charge in [-0.3, -0.25) is 14.4 Å². The van der Waals surface area contributed by atoms with Crippen LogP contribution in [0.2, 0.25) is 5.02 Å². The molecule has 2 aromatic rings. The number of fused-ring (bicyclic) bond motifs is 1. The average molecular weight is 575 g/mol. The third kappa shape index (κ3) is 7.76. The number of halogens is 1. The molecular weight excluding hydrogens is 548 g/mol. The molecule has 1 aliphatic heterocycles. The van der Waals surface area contributed by atoms with Crippen LogP contribution in [0, 0.1) is 0 Å². The molecule has 0 atom stereocenters. The number of aromatic nitrogens is 1. The molecule has 0 N–H and O–H groups in total. The molecule has 1 aromatic carbocycles. The topological polar surface area (TPSA) is 145 Å². The van der Waals surface area contributed by atoms with Gasteiger partial charge in [0.15, 0.2) is 14.6 Å².